The first-order chi connectivity index (χ1) is 10.7. The Morgan fingerprint density at radius 3 is 2.68 bits per heavy atom. The molecule has 0 bridgehead atoms. The molecule has 0 aliphatic rings. The Morgan fingerprint density at radius 1 is 1.14 bits per heavy atom. The van der Waals surface area contributed by atoms with Crippen LogP contribution in [0.2, 0.25) is 0 Å². The van der Waals surface area contributed by atoms with Gasteiger partial charge in [-0.2, -0.15) is 0 Å². The van der Waals surface area contributed by atoms with E-state index in [1.165, 1.54) is 16.8 Å². The van der Waals surface area contributed by atoms with Crippen molar-refractivity contribution < 1.29 is 4.74 Å². The fourth-order valence-electron chi connectivity index (χ4n) is 2.38. The molecule has 0 amide bonds. The van der Waals surface area contributed by atoms with Crippen molar-refractivity contribution in [1.29, 1.82) is 0 Å². The Morgan fingerprint density at radius 2 is 1.95 bits per heavy atom. The highest BCUT2D eigenvalue weighted by molar-refractivity contribution is 5.54. The number of nitrogens with one attached hydrogen (secondary N) is 1. The molecule has 0 radical (unpaired) electrons. The topological polar surface area (TPSA) is 47.3 Å². The molecule has 3 heteroatoms. The predicted molar refractivity (Wildman–Crippen MR) is 94.6 cm³/mol. The number of nitrogens with two attached hydrogens (primary N) is 1. The maximum Gasteiger partial charge on any atom is 0.142 e. The smallest absolute Gasteiger partial charge is 0.142 e. The van der Waals surface area contributed by atoms with Crippen LogP contribution in [0.5, 0.6) is 5.75 Å². The van der Waals surface area contributed by atoms with Crippen LogP contribution in [-0.4, -0.2) is 13.2 Å². The Balaban J connectivity index is 1.79. The second-order valence-corrected chi connectivity index (χ2v) is 5.57. The van der Waals surface area contributed by atoms with Gasteiger partial charge in [-0.25, -0.2) is 0 Å². The van der Waals surface area contributed by atoms with Crippen LogP contribution in [0.1, 0.15) is 30.9 Å². The molecule has 0 aliphatic carbocycles. The number of hydrogen-bond donors (Lipinski definition) is 2. The second kappa shape index (κ2) is 8.32. The Bertz CT molecular complexity index is 596. The fraction of sp³-hybridized carbons (Fsp3) is 0.368. The van der Waals surface area contributed by atoms with Gasteiger partial charge in [-0.1, -0.05) is 31.2 Å². The van der Waals surface area contributed by atoms with Crippen molar-refractivity contribution in [1.82, 2.24) is 0 Å². The fourth-order valence-corrected chi connectivity index (χ4v) is 2.38. The Hall–Kier alpha value is -2.16. The minimum Gasteiger partial charge on any atom is -0.491 e. The lowest BCUT2D eigenvalue weighted by Crippen LogP contribution is -2.04. The first kappa shape index (κ1) is 16.2. The summed E-state index contributed by atoms with van der Waals surface area (Å²) < 4.78 is 5.60. The van der Waals surface area contributed by atoms with Gasteiger partial charge in [-0.15, -0.1) is 0 Å². The molecule has 0 atom stereocenters. The van der Waals surface area contributed by atoms with E-state index in [4.69, 9.17) is 10.5 Å². The molecule has 3 nitrogen and oxygen atoms in total. The summed E-state index contributed by atoms with van der Waals surface area (Å²) >= 11 is 0. The maximum absolute atomic E-state index is 6.04. The molecule has 0 spiro atoms. The van der Waals surface area contributed by atoms with E-state index in [-0.39, 0.29) is 0 Å². The van der Waals surface area contributed by atoms with Crippen LogP contribution >= 0.6 is 0 Å². The van der Waals surface area contributed by atoms with Crippen LogP contribution in [0.25, 0.3) is 0 Å². The van der Waals surface area contributed by atoms with Gasteiger partial charge in [0.05, 0.1) is 12.3 Å². The molecular weight excluding hydrogens is 272 g/mol. The molecule has 2 rings (SSSR count). The number of anilines is 2. The normalized spacial score (nSPS) is 10.5. The molecule has 0 aromatic heterocycles. The van der Waals surface area contributed by atoms with E-state index in [1.54, 1.807) is 0 Å². The van der Waals surface area contributed by atoms with Crippen molar-refractivity contribution in [2.75, 3.05) is 24.2 Å². The third-order valence-electron chi connectivity index (χ3n) is 3.64. The van der Waals surface area contributed by atoms with Gasteiger partial charge in [-0.3, -0.25) is 0 Å². The third-order valence-corrected chi connectivity index (χ3v) is 3.64. The number of ether oxygens (including phenoxy) is 1. The zero-order valence-corrected chi connectivity index (χ0v) is 13.6. The summed E-state index contributed by atoms with van der Waals surface area (Å²) in [5, 5.41) is 3.48. The lowest BCUT2D eigenvalue weighted by atomic mass is 10.1. The highest BCUT2D eigenvalue weighted by Gasteiger charge is 2.02. The quantitative estimate of drug-likeness (QED) is 0.560. The van der Waals surface area contributed by atoms with Crippen LogP contribution < -0.4 is 15.8 Å². The number of benzene rings is 2. The molecule has 0 fully saturated rings. The highest BCUT2D eigenvalue weighted by Crippen LogP contribution is 2.23. The zero-order valence-electron chi connectivity index (χ0n) is 13.6. The SMILES string of the molecule is CCCOc1ccc(CCCNc2ccccc2C)cc1N. The summed E-state index contributed by atoms with van der Waals surface area (Å²) in [5.41, 5.74) is 10.5. The van der Waals surface area contributed by atoms with Gasteiger partial charge in [0.2, 0.25) is 0 Å². The average Bonchev–Trinajstić information content (AvgIpc) is 2.52. The number of aryl methyl sites for hydroxylation is 2. The van der Waals surface area contributed by atoms with E-state index in [2.05, 4.69) is 49.5 Å². The number of rotatable bonds is 8. The predicted octanol–water partition coefficient (Wildman–Crippen LogP) is 4.41. The summed E-state index contributed by atoms with van der Waals surface area (Å²) in [6.45, 7) is 5.88. The van der Waals surface area contributed by atoms with E-state index < -0.39 is 0 Å². The number of hydrogen-bond acceptors (Lipinski definition) is 3. The molecule has 0 saturated heterocycles. The number of para-hydroxylation sites is 1. The lowest BCUT2D eigenvalue weighted by molar-refractivity contribution is 0.319. The van der Waals surface area contributed by atoms with Crippen LogP contribution in [0.15, 0.2) is 42.5 Å². The van der Waals surface area contributed by atoms with Crippen LogP contribution in [0.3, 0.4) is 0 Å². The lowest BCUT2D eigenvalue weighted by Gasteiger charge is -2.11. The summed E-state index contributed by atoms with van der Waals surface area (Å²) in [6.07, 6.45) is 3.08. The van der Waals surface area contributed by atoms with Gasteiger partial charge in [0.1, 0.15) is 5.75 Å². The molecule has 2 aromatic carbocycles. The van der Waals surface area contributed by atoms with E-state index in [9.17, 15) is 0 Å². The monoisotopic (exact) mass is 298 g/mol. The summed E-state index contributed by atoms with van der Waals surface area (Å²) in [5.74, 6) is 0.795. The minimum atomic E-state index is 0.712. The Kier molecular flexibility index (Phi) is 6.13. The van der Waals surface area contributed by atoms with Gasteiger partial charge in [0, 0.05) is 12.2 Å². The first-order valence-electron chi connectivity index (χ1n) is 8.01. The molecular formula is C19H26N2O. The number of nitrogen functional groups attached to an aromatic ring is 1. The third kappa shape index (κ3) is 4.69. The molecule has 22 heavy (non-hydrogen) atoms. The molecule has 0 heterocycles. The molecule has 0 unspecified atom stereocenters. The van der Waals surface area contributed by atoms with E-state index in [0.717, 1.165) is 37.2 Å². The van der Waals surface area contributed by atoms with Crippen molar-refractivity contribution in [3.8, 4) is 5.75 Å². The average molecular weight is 298 g/mol. The molecule has 118 valence electrons. The van der Waals surface area contributed by atoms with Gasteiger partial charge >= 0.3 is 0 Å². The molecule has 2 aromatic rings. The summed E-state index contributed by atoms with van der Waals surface area (Å²) in [4.78, 5) is 0. The standard InChI is InChI=1S/C19H26N2O/c1-3-13-22-19-11-10-16(14-17(19)20)8-6-12-21-18-9-5-4-7-15(18)2/h4-5,7,9-11,14,21H,3,6,8,12-13,20H2,1-2H3. The maximum atomic E-state index is 6.04. The first-order valence-corrected chi connectivity index (χ1v) is 8.01. The molecule has 0 aliphatic heterocycles. The highest BCUT2D eigenvalue weighted by atomic mass is 16.5. The van der Waals surface area contributed by atoms with Crippen LogP contribution in [0, 0.1) is 6.92 Å². The van der Waals surface area contributed by atoms with Crippen molar-refractivity contribution in [3.63, 3.8) is 0 Å². The van der Waals surface area contributed by atoms with E-state index >= 15 is 0 Å². The van der Waals surface area contributed by atoms with E-state index in [0.29, 0.717) is 6.61 Å². The van der Waals surface area contributed by atoms with Crippen LogP contribution in [-0.2, 0) is 6.42 Å². The zero-order chi connectivity index (χ0) is 15.8. The second-order valence-electron chi connectivity index (χ2n) is 5.57. The van der Waals surface area contributed by atoms with Crippen molar-refractivity contribution in [3.05, 3.63) is 53.6 Å². The largest absolute Gasteiger partial charge is 0.491 e. The molecule has 3 N–H and O–H groups in total. The van der Waals surface area contributed by atoms with Gasteiger partial charge in [0.15, 0.2) is 0 Å². The summed E-state index contributed by atoms with van der Waals surface area (Å²) in [6, 6.07) is 14.5. The summed E-state index contributed by atoms with van der Waals surface area (Å²) in [7, 11) is 0. The van der Waals surface area contributed by atoms with Crippen molar-refractivity contribution in [2.45, 2.75) is 33.1 Å². The minimum absolute atomic E-state index is 0.712. The molecule has 0 saturated carbocycles. The van der Waals surface area contributed by atoms with Gasteiger partial charge in [-0.05, 0) is 55.5 Å². The van der Waals surface area contributed by atoms with Crippen molar-refractivity contribution in [2.24, 2.45) is 0 Å². The van der Waals surface area contributed by atoms with Crippen LogP contribution in [0.4, 0.5) is 11.4 Å². The van der Waals surface area contributed by atoms with Crippen molar-refractivity contribution >= 4 is 11.4 Å². The van der Waals surface area contributed by atoms with Gasteiger partial charge in [0.25, 0.3) is 0 Å². The van der Waals surface area contributed by atoms with Gasteiger partial charge < -0.3 is 15.8 Å². The van der Waals surface area contributed by atoms with E-state index in [1.807, 2.05) is 12.1 Å². The Labute approximate surface area is 133 Å².